The third-order valence-corrected chi connectivity index (χ3v) is 3.24. The van der Waals surface area contributed by atoms with Gasteiger partial charge in [0.25, 0.3) is 0 Å². The molecule has 1 aromatic carbocycles. The van der Waals surface area contributed by atoms with E-state index < -0.39 is 0 Å². The average Bonchev–Trinajstić information content (AvgIpc) is 2.97. The van der Waals surface area contributed by atoms with E-state index >= 15 is 0 Å². The third kappa shape index (κ3) is 4.01. The Kier molecular flexibility index (Phi) is 4.90. The molecule has 0 unspecified atom stereocenters. The number of methoxy groups -OCH3 is 1. The smallest absolute Gasteiger partial charge is 0.342 e. The summed E-state index contributed by atoms with van der Waals surface area (Å²) < 4.78 is 10.4. The van der Waals surface area contributed by atoms with Gasteiger partial charge in [0, 0.05) is 18.5 Å². The number of hydrogen-bond donors (Lipinski definition) is 2. The van der Waals surface area contributed by atoms with Crippen LogP contribution in [0, 0.1) is 0 Å². The van der Waals surface area contributed by atoms with Crippen molar-refractivity contribution in [2.24, 2.45) is 0 Å². The lowest BCUT2D eigenvalue weighted by Crippen LogP contribution is -2.43. The Morgan fingerprint density at radius 3 is 2.39 bits per heavy atom. The van der Waals surface area contributed by atoms with Crippen molar-refractivity contribution in [3.8, 4) is 5.75 Å². The highest BCUT2D eigenvalue weighted by Gasteiger charge is 2.21. The number of nitrogens with zero attached hydrogens (tertiary/aromatic N) is 2. The summed E-state index contributed by atoms with van der Waals surface area (Å²) in [4.78, 5) is 12.4. The lowest BCUT2D eigenvalue weighted by molar-refractivity contribution is 0.255. The quantitative estimate of drug-likeness (QED) is 0.847. The molecule has 0 atom stereocenters. The Morgan fingerprint density at radius 2 is 1.91 bits per heavy atom. The normalized spacial score (nSPS) is 11.2. The monoisotopic (exact) mass is 318 g/mol. The van der Waals surface area contributed by atoms with Gasteiger partial charge in [0.15, 0.2) is 5.82 Å². The van der Waals surface area contributed by atoms with Crippen molar-refractivity contribution in [2.45, 2.75) is 26.2 Å². The van der Waals surface area contributed by atoms with Crippen molar-refractivity contribution >= 4 is 17.5 Å². The molecule has 0 aliphatic rings. The lowest BCUT2D eigenvalue weighted by Gasteiger charge is -2.21. The van der Waals surface area contributed by atoms with E-state index in [1.807, 2.05) is 20.8 Å². The van der Waals surface area contributed by atoms with Gasteiger partial charge in [0.05, 0.1) is 12.8 Å². The van der Waals surface area contributed by atoms with Gasteiger partial charge in [-0.2, -0.15) is 0 Å². The number of ether oxygens (including phenoxy) is 1. The molecule has 0 spiro atoms. The number of rotatable bonds is 4. The van der Waals surface area contributed by atoms with Crippen molar-refractivity contribution in [3.63, 3.8) is 0 Å². The van der Waals surface area contributed by atoms with Crippen LogP contribution in [0.15, 0.2) is 34.9 Å². The first-order valence-corrected chi connectivity index (χ1v) is 7.25. The Balaban J connectivity index is 2.12. The number of aromatic nitrogens is 1. The maximum atomic E-state index is 12.4. The van der Waals surface area contributed by atoms with Gasteiger partial charge < -0.3 is 9.26 Å². The van der Waals surface area contributed by atoms with Crippen molar-refractivity contribution in [3.05, 3.63) is 36.1 Å². The Morgan fingerprint density at radius 1 is 1.26 bits per heavy atom. The molecule has 0 aliphatic carbocycles. The predicted octanol–water partition coefficient (Wildman–Crippen LogP) is 3.15. The number of carbonyl (C=O) groups is 1. The van der Waals surface area contributed by atoms with Crippen LogP contribution in [0.2, 0.25) is 0 Å². The number of hydrogen-bond acceptors (Lipinski definition) is 5. The van der Waals surface area contributed by atoms with E-state index in [-0.39, 0.29) is 11.4 Å². The van der Waals surface area contributed by atoms with Gasteiger partial charge >= 0.3 is 6.03 Å². The molecule has 2 aromatic rings. The molecule has 23 heavy (non-hydrogen) atoms. The van der Waals surface area contributed by atoms with E-state index in [0.717, 1.165) is 5.75 Å². The fourth-order valence-electron chi connectivity index (χ4n) is 1.93. The third-order valence-electron chi connectivity index (χ3n) is 3.24. The zero-order valence-corrected chi connectivity index (χ0v) is 14.0. The molecule has 0 bridgehead atoms. The molecule has 2 N–H and O–H groups in total. The van der Waals surface area contributed by atoms with Crippen LogP contribution in [0.1, 0.15) is 26.5 Å². The van der Waals surface area contributed by atoms with E-state index in [0.29, 0.717) is 17.3 Å². The Bertz CT molecular complexity index is 659. The summed E-state index contributed by atoms with van der Waals surface area (Å²) in [5, 5.41) is 7.95. The number of benzene rings is 1. The molecule has 0 saturated carbocycles. The molecule has 2 amide bonds. The summed E-state index contributed by atoms with van der Waals surface area (Å²) in [7, 11) is 3.25. The Hall–Kier alpha value is -2.54. The summed E-state index contributed by atoms with van der Waals surface area (Å²) in [5.41, 5.74) is 3.33. The summed E-state index contributed by atoms with van der Waals surface area (Å²) in [5.74, 6) is 1.79. The summed E-state index contributed by atoms with van der Waals surface area (Å²) in [6, 6.07) is 8.46. The van der Waals surface area contributed by atoms with Gasteiger partial charge in [0.2, 0.25) is 0 Å². The molecule has 0 aliphatic heterocycles. The van der Waals surface area contributed by atoms with E-state index in [1.54, 1.807) is 44.5 Å². The minimum absolute atomic E-state index is 0.172. The van der Waals surface area contributed by atoms with Gasteiger partial charge in [-0.3, -0.25) is 5.32 Å². The van der Waals surface area contributed by atoms with Gasteiger partial charge in [0.1, 0.15) is 11.5 Å². The van der Waals surface area contributed by atoms with Crippen LogP contribution in [-0.4, -0.2) is 25.3 Å². The van der Waals surface area contributed by atoms with Crippen LogP contribution in [0.5, 0.6) is 5.75 Å². The van der Waals surface area contributed by atoms with Crippen LogP contribution in [0.25, 0.3) is 0 Å². The number of hydrazine groups is 1. The molecule has 0 fully saturated rings. The van der Waals surface area contributed by atoms with Gasteiger partial charge in [-0.25, -0.2) is 15.2 Å². The average molecular weight is 318 g/mol. The zero-order chi connectivity index (χ0) is 17.0. The molecule has 124 valence electrons. The standard InChI is InChI=1S/C16H22N4O3/c1-16(2,3)13-10-14(19-23-13)18-15(21)20(17-4)11-6-8-12(22-5)9-7-11/h6-10,17H,1-5H3,(H,18,19,21). The van der Waals surface area contributed by atoms with E-state index in [4.69, 9.17) is 9.26 Å². The number of nitrogens with one attached hydrogen (secondary N) is 2. The first-order valence-electron chi connectivity index (χ1n) is 7.25. The highest BCUT2D eigenvalue weighted by atomic mass is 16.5. The van der Waals surface area contributed by atoms with Crippen LogP contribution >= 0.6 is 0 Å². The van der Waals surface area contributed by atoms with Crippen LogP contribution in [0.4, 0.5) is 16.3 Å². The lowest BCUT2D eigenvalue weighted by atomic mass is 9.93. The molecule has 2 rings (SSSR count). The van der Waals surface area contributed by atoms with Crippen molar-refractivity contribution in [1.82, 2.24) is 10.6 Å². The van der Waals surface area contributed by atoms with Gasteiger partial charge in [-0.05, 0) is 24.3 Å². The second kappa shape index (κ2) is 6.70. The summed E-state index contributed by atoms with van der Waals surface area (Å²) in [6.45, 7) is 6.03. The van der Waals surface area contributed by atoms with E-state index in [9.17, 15) is 4.79 Å². The van der Waals surface area contributed by atoms with Gasteiger partial charge in [-0.15, -0.1) is 0 Å². The number of amides is 2. The molecule has 0 radical (unpaired) electrons. The molecular formula is C16H22N4O3. The van der Waals surface area contributed by atoms with Crippen LogP contribution < -0.4 is 20.5 Å². The largest absolute Gasteiger partial charge is 0.497 e. The topological polar surface area (TPSA) is 79.6 Å². The SMILES string of the molecule is CNN(C(=O)Nc1cc(C(C)(C)C)on1)c1ccc(OC)cc1. The fourth-order valence-corrected chi connectivity index (χ4v) is 1.93. The number of carbonyl (C=O) groups excluding carboxylic acids is 1. The molecule has 7 nitrogen and oxygen atoms in total. The highest BCUT2D eigenvalue weighted by Crippen LogP contribution is 2.25. The van der Waals surface area contributed by atoms with E-state index in [1.165, 1.54) is 5.01 Å². The molecule has 1 heterocycles. The number of anilines is 2. The van der Waals surface area contributed by atoms with Crippen molar-refractivity contribution < 1.29 is 14.1 Å². The van der Waals surface area contributed by atoms with Gasteiger partial charge in [-0.1, -0.05) is 25.9 Å². The van der Waals surface area contributed by atoms with Crippen LogP contribution in [0.3, 0.4) is 0 Å². The second-order valence-electron chi connectivity index (χ2n) is 6.01. The molecular weight excluding hydrogens is 296 g/mol. The minimum atomic E-state index is -0.369. The first-order chi connectivity index (χ1) is 10.8. The van der Waals surface area contributed by atoms with Crippen molar-refractivity contribution in [1.29, 1.82) is 0 Å². The molecule has 1 aromatic heterocycles. The predicted molar refractivity (Wildman–Crippen MR) is 88.8 cm³/mol. The fraction of sp³-hybridized carbons (Fsp3) is 0.375. The maximum absolute atomic E-state index is 12.4. The zero-order valence-electron chi connectivity index (χ0n) is 14.0. The van der Waals surface area contributed by atoms with Crippen LogP contribution in [-0.2, 0) is 5.41 Å². The Labute approximate surface area is 135 Å². The first kappa shape index (κ1) is 16.8. The highest BCUT2D eigenvalue weighted by molar-refractivity contribution is 6.00. The molecule has 0 saturated heterocycles. The second-order valence-corrected chi connectivity index (χ2v) is 6.01. The number of urea groups is 1. The summed E-state index contributed by atoms with van der Waals surface area (Å²) >= 11 is 0. The summed E-state index contributed by atoms with van der Waals surface area (Å²) in [6.07, 6.45) is 0. The maximum Gasteiger partial charge on any atom is 0.342 e. The molecule has 7 heteroatoms. The van der Waals surface area contributed by atoms with E-state index in [2.05, 4.69) is 15.9 Å². The van der Waals surface area contributed by atoms with Crippen molar-refractivity contribution in [2.75, 3.05) is 24.5 Å². The minimum Gasteiger partial charge on any atom is -0.497 e.